The monoisotopic (exact) mass is 474 g/mol. The molecule has 9 nitrogen and oxygen atoms in total. The molecule has 1 unspecified atom stereocenters. The lowest BCUT2D eigenvalue weighted by molar-refractivity contribution is -0.118. The normalized spacial score (nSPS) is 12.8. The minimum absolute atomic E-state index is 0.0444. The highest BCUT2D eigenvalue weighted by Crippen LogP contribution is 2.44. The molecule has 1 aromatic heterocycles. The fourth-order valence-electron chi connectivity index (χ4n) is 4.29. The fourth-order valence-corrected chi connectivity index (χ4v) is 4.29. The zero-order valence-electron chi connectivity index (χ0n) is 19.2. The first kappa shape index (κ1) is 23.7. The van der Waals surface area contributed by atoms with Crippen LogP contribution in [0.1, 0.15) is 40.4 Å². The number of carbonyl (C=O) groups is 3. The third kappa shape index (κ3) is 5.08. The van der Waals surface area contributed by atoms with E-state index in [1.807, 2.05) is 48.5 Å². The molecule has 3 aromatic rings. The van der Waals surface area contributed by atoms with Crippen LogP contribution in [0.4, 0.5) is 10.5 Å². The lowest BCUT2D eigenvalue weighted by Gasteiger charge is -2.19. The molecular formula is C26H26N4O5. The number of nitrogens with one attached hydrogen (secondary N) is 2. The molecule has 9 heteroatoms. The molecule has 0 bridgehead atoms. The maximum absolute atomic E-state index is 12.9. The number of fused-ring (bicyclic) bond motifs is 3. The number of amides is 2. The number of carboxylic acid groups (broad SMARTS) is 1. The molecule has 1 aliphatic rings. The summed E-state index contributed by atoms with van der Waals surface area (Å²) in [5.41, 5.74) is 4.16. The lowest BCUT2D eigenvalue weighted by Crippen LogP contribution is -2.44. The number of carbonyl (C=O) groups excluding carboxylic acids is 2. The van der Waals surface area contributed by atoms with Gasteiger partial charge in [-0.3, -0.25) is 9.48 Å². The number of aryl methyl sites for hydroxylation is 1. The first-order valence-electron chi connectivity index (χ1n) is 11.2. The number of hydrogen-bond donors (Lipinski definition) is 3. The first-order chi connectivity index (χ1) is 16.9. The molecule has 0 aliphatic heterocycles. The second-order valence-electron chi connectivity index (χ2n) is 8.25. The quantitative estimate of drug-likeness (QED) is 0.404. The highest BCUT2D eigenvalue weighted by atomic mass is 16.5. The van der Waals surface area contributed by atoms with E-state index in [0.717, 1.165) is 22.3 Å². The van der Waals surface area contributed by atoms with Crippen molar-refractivity contribution in [3.8, 4) is 11.1 Å². The van der Waals surface area contributed by atoms with E-state index in [1.54, 1.807) is 13.1 Å². The van der Waals surface area contributed by atoms with Gasteiger partial charge in [-0.25, -0.2) is 9.59 Å². The average Bonchev–Trinajstić information content (AvgIpc) is 3.37. The second-order valence-corrected chi connectivity index (χ2v) is 8.25. The van der Waals surface area contributed by atoms with Crippen LogP contribution in [0, 0.1) is 0 Å². The molecule has 0 saturated carbocycles. The van der Waals surface area contributed by atoms with E-state index in [9.17, 15) is 19.5 Å². The Kier molecular flexibility index (Phi) is 6.96. The van der Waals surface area contributed by atoms with Crippen LogP contribution in [0.5, 0.6) is 0 Å². The molecule has 2 aromatic carbocycles. The molecule has 1 heterocycles. The molecule has 1 aliphatic carbocycles. The predicted octanol–water partition coefficient (Wildman–Crippen LogP) is 3.93. The van der Waals surface area contributed by atoms with Gasteiger partial charge in [0, 0.05) is 19.2 Å². The Morgan fingerprint density at radius 2 is 1.77 bits per heavy atom. The van der Waals surface area contributed by atoms with Crippen LogP contribution in [0.2, 0.25) is 0 Å². The molecule has 180 valence electrons. The Balaban J connectivity index is 1.43. The van der Waals surface area contributed by atoms with Crippen molar-refractivity contribution in [2.24, 2.45) is 7.05 Å². The van der Waals surface area contributed by atoms with E-state index >= 15 is 0 Å². The van der Waals surface area contributed by atoms with Gasteiger partial charge in [0.1, 0.15) is 12.6 Å². The maximum Gasteiger partial charge on any atom is 0.407 e. The summed E-state index contributed by atoms with van der Waals surface area (Å²) in [6.45, 7) is 3.77. The van der Waals surface area contributed by atoms with E-state index < -0.39 is 24.0 Å². The topological polar surface area (TPSA) is 123 Å². The number of alkyl carbamates (subject to hydrolysis) is 1. The summed E-state index contributed by atoms with van der Waals surface area (Å²) in [6, 6.07) is 15.1. The highest BCUT2D eigenvalue weighted by molar-refractivity contribution is 6.01. The van der Waals surface area contributed by atoms with Crippen LogP contribution in [0.25, 0.3) is 11.1 Å². The van der Waals surface area contributed by atoms with Crippen molar-refractivity contribution in [2.75, 3.05) is 11.9 Å². The van der Waals surface area contributed by atoms with Gasteiger partial charge in [-0.05, 0) is 35.1 Å². The van der Waals surface area contributed by atoms with Gasteiger partial charge in [-0.2, -0.15) is 5.10 Å². The molecule has 1 atom stereocenters. The predicted molar refractivity (Wildman–Crippen MR) is 130 cm³/mol. The van der Waals surface area contributed by atoms with Crippen molar-refractivity contribution < 1.29 is 24.2 Å². The molecule has 0 radical (unpaired) electrons. The van der Waals surface area contributed by atoms with Crippen LogP contribution in [0.15, 0.2) is 67.4 Å². The number of benzene rings is 2. The molecule has 0 fully saturated rings. The Morgan fingerprint density at radius 1 is 1.14 bits per heavy atom. The van der Waals surface area contributed by atoms with Gasteiger partial charge in [0.15, 0.2) is 5.69 Å². The van der Waals surface area contributed by atoms with Gasteiger partial charge in [-0.1, -0.05) is 54.6 Å². The standard InChI is InChI=1S/C26H26N4O5/c1-3-4-13-21(24(31)27-22-14-30(2)29-23(22)25(32)33)28-26(34)35-15-20-18-11-7-5-9-16(18)17-10-6-8-12-19(17)20/h3,5-12,14,20-21H,1,4,13,15H2,2H3,(H,27,31)(H,28,34)(H,32,33). The van der Waals surface area contributed by atoms with E-state index in [2.05, 4.69) is 22.3 Å². The molecule has 0 spiro atoms. The van der Waals surface area contributed by atoms with E-state index in [1.165, 1.54) is 10.9 Å². The van der Waals surface area contributed by atoms with Crippen LogP contribution in [-0.4, -0.2) is 45.5 Å². The third-order valence-corrected chi connectivity index (χ3v) is 5.90. The third-order valence-electron chi connectivity index (χ3n) is 5.90. The van der Waals surface area contributed by atoms with Gasteiger partial charge in [0.25, 0.3) is 0 Å². The van der Waals surface area contributed by atoms with Crippen LogP contribution in [-0.2, 0) is 16.6 Å². The zero-order valence-corrected chi connectivity index (χ0v) is 19.2. The van der Waals surface area contributed by atoms with Crippen molar-refractivity contribution in [3.05, 3.63) is 84.2 Å². The van der Waals surface area contributed by atoms with Gasteiger partial charge in [0.05, 0.1) is 5.69 Å². The summed E-state index contributed by atoms with van der Waals surface area (Å²) >= 11 is 0. The fraction of sp³-hybridized carbons (Fsp3) is 0.231. The lowest BCUT2D eigenvalue weighted by atomic mass is 9.98. The van der Waals surface area contributed by atoms with Gasteiger partial charge in [-0.15, -0.1) is 6.58 Å². The van der Waals surface area contributed by atoms with Gasteiger partial charge in [0.2, 0.25) is 5.91 Å². The van der Waals surface area contributed by atoms with Gasteiger partial charge >= 0.3 is 12.1 Å². The summed E-state index contributed by atoms with van der Waals surface area (Å²) in [4.78, 5) is 37.0. The number of ether oxygens (including phenoxy) is 1. The van der Waals surface area contributed by atoms with Gasteiger partial charge < -0.3 is 20.5 Å². The Bertz CT molecular complexity index is 1240. The summed E-state index contributed by atoms with van der Waals surface area (Å²) in [5.74, 6) is -1.95. The SMILES string of the molecule is C=CCCC(NC(=O)OCC1c2ccccc2-c2ccccc21)C(=O)Nc1cn(C)nc1C(=O)O. The number of aromatic carboxylic acids is 1. The van der Waals surface area contributed by atoms with Crippen molar-refractivity contribution in [3.63, 3.8) is 0 Å². The number of allylic oxidation sites excluding steroid dienone is 1. The van der Waals surface area contributed by atoms with Crippen molar-refractivity contribution in [2.45, 2.75) is 24.8 Å². The number of rotatable bonds is 9. The van der Waals surface area contributed by atoms with Crippen molar-refractivity contribution in [1.82, 2.24) is 15.1 Å². The van der Waals surface area contributed by atoms with E-state index in [4.69, 9.17) is 4.74 Å². The zero-order chi connectivity index (χ0) is 24.9. The highest BCUT2D eigenvalue weighted by Gasteiger charge is 2.30. The number of nitrogens with zero attached hydrogens (tertiary/aromatic N) is 2. The number of hydrogen-bond acceptors (Lipinski definition) is 5. The second kappa shape index (κ2) is 10.3. The molecule has 3 N–H and O–H groups in total. The maximum atomic E-state index is 12.9. The van der Waals surface area contributed by atoms with Crippen molar-refractivity contribution >= 4 is 23.7 Å². The van der Waals surface area contributed by atoms with E-state index in [0.29, 0.717) is 6.42 Å². The van der Waals surface area contributed by atoms with Crippen LogP contribution in [0.3, 0.4) is 0 Å². The van der Waals surface area contributed by atoms with E-state index in [-0.39, 0.29) is 30.3 Å². The first-order valence-corrected chi connectivity index (χ1v) is 11.2. The number of anilines is 1. The molecule has 4 rings (SSSR count). The summed E-state index contributed by atoms with van der Waals surface area (Å²) in [7, 11) is 1.55. The Morgan fingerprint density at radius 3 is 2.37 bits per heavy atom. The number of carboxylic acids is 1. The smallest absolute Gasteiger partial charge is 0.407 e. The summed E-state index contributed by atoms with van der Waals surface area (Å²) in [5, 5.41) is 18.3. The average molecular weight is 475 g/mol. The molecule has 0 saturated heterocycles. The number of aromatic nitrogens is 2. The molecular weight excluding hydrogens is 448 g/mol. The Hall–Kier alpha value is -4.40. The summed E-state index contributed by atoms with van der Waals surface area (Å²) in [6.07, 6.45) is 3.01. The minimum Gasteiger partial charge on any atom is -0.476 e. The molecule has 2 amide bonds. The largest absolute Gasteiger partial charge is 0.476 e. The Labute approximate surface area is 202 Å². The summed E-state index contributed by atoms with van der Waals surface area (Å²) < 4.78 is 6.84. The van der Waals surface area contributed by atoms with Crippen LogP contribution >= 0.6 is 0 Å². The van der Waals surface area contributed by atoms with Crippen LogP contribution < -0.4 is 10.6 Å². The minimum atomic E-state index is -1.27. The van der Waals surface area contributed by atoms with Crippen molar-refractivity contribution in [1.29, 1.82) is 0 Å². The molecule has 35 heavy (non-hydrogen) atoms.